The standard InChI is InChI=1S/C19H25BO7/c1-17(2)18(3,4)27-20(26-17)12-7-8-13(23-11-9-22-10-11)14-15(12)24-19(5,6)25-16(14)21/h7-8,11H,9-10H2,1-6H3. The van der Waals surface area contributed by atoms with Crippen molar-refractivity contribution >= 4 is 18.6 Å². The van der Waals surface area contributed by atoms with E-state index in [0.29, 0.717) is 30.2 Å². The van der Waals surface area contributed by atoms with Crippen LogP contribution in [0.4, 0.5) is 0 Å². The van der Waals surface area contributed by atoms with Crippen LogP contribution in [-0.2, 0) is 18.8 Å². The molecule has 2 fully saturated rings. The second-order valence-electron chi connectivity index (χ2n) is 8.61. The molecular weight excluding hydrogens is 351 g/mol. The molecule has 3 heterocycles. The van der Waals surface area contributed by atoms with Gasteiger partial charge in [0.15, 0.2) is 0 Å². The van der Waals surface area contributed by atoms with Crippen LogP contribution in [0.5, 0.6) is 11.5 Å². The number of cyclic esters (lactones) is 1. The summed E-state index contributed by atoms with van der Waals surface area (Å²) in [6.45, 7) is 12.3. The Morgan fingerprint density at radius 2 is 1.63 bits per heavy atom. The Bertz CT molecular complexity index is 767. The number of carbonyl (C=O) groups excluding carboxylic acids is 1. The molecule has 0 unspecified atom stereocenters. The number of benzene rings is 1. The van der Waals surface area contributed by atoms with Crippen molar-refractivity contribution in [1.29, 1.82) is 0 Å². The SMILES string of the molecule is CC1(C)OC(=O)c2c(OC3COC3)ccc(B3OC(C)(C)C(C)(C)O3)c2O1. The second kappa shape index (κ2) is 5.86. The Kier molecular flexibility index (Phi) is 4.04. The number of hydrogen-bond donors (Lipinski definition) is 0. The predicted molar refractivity (Wildman–Crippen MR) is 97.5 cm³/mol. The Hall–Kier alpha value is -1.77. The second-order valence-corrected chi connectivity index (χ2v) is 8.61. The molecule has 0 N–H and O–H groups in total. The summed E-state index contributed by atoms with van der Waals surface area (Å²) in [5, 5.41) is 0. The Balaban J connectivity index is 1.77. The van der Waals surface area contributed by atoms with E-state index in [2.05, 4.69) is 0 Å². The van der Waals surface area contributed by atoms with Crippen LogP contribution in [-0.4, -0.2) is 49.4 Å². The van der Waals surface area contributed by atoms with Gasteiger partial charge in [-0.05, 0) is 33.8 Å². The molecule has 0 atom stereocenters. The maximum Gasteiger partial charge on any atom is 0.498 e. The molecule has 0 aliphatic carbocycles. The summed E-state index contributed by atoms with van der Waals surface area (Å²) in [6, 6.07) is 3.56. The van der Waals surface area contributed by atoms with Crippen molar-refractivity contribution in [3.05, 3.63) is 17.7 Å². The van der Waals surface area contributed by atoms with E-state index in [1.807, 2.05) is 33.8 Å². The van der Waals surface area contributed by atoms with Gasteiger partial charge in [0.1, 0.15) is 23.2 Å². The van der Waals surface area contributed by atoms with E-state index in [4.69, 9.17) is 28.3 Å². The summed E-state index contributed by atoms with van der Waals surface area (Å²) in [5.74, 6) is -0.790. The van der Waals surface area contributed by atoms with Gasteiger partial charge in [-0.25, -0.2) is 4.79 Å². The lowest BCUT2D eigenvalue weighted by atomic mass is 9.77. The van der Waals surface area contributed by atoms with Crippen LogP contribution in [0.25, 0.3) is 0 Å². The zero-order chi connectivity index (χ0) is 19.6. The van der Waals surface area contributed by atoms with Crippen molar-refractivity contribution in [2.24, 2.45) is 0 Å². The number of rotatable bonds is 3. The van der Waals surface area contributed by atoms with Crippen molar-refractivity contribution in [2.75, 3.05) is 13.2 Å². The first-order valence-electron chi connectivity index (χ1n) is 9.18. The molecule has 7 nitrogen and oxygen atoms in total. The van der Waals surface area contributed by atoms with Gasteiger partial charge in [-0.3, -0.25) is 0 Å². The molecule has 8 heteroatoms. The lowest BCUT2D eigenvalue weighted by molar-refractivity contribution is -0.128. The van der Waals surface area contributed by atoms with Gasteiger partial charge in [-0.2, -0.15) is 0 Å². The third kappa shape index (κ3) is 3.09. The number of fused-ring (bicyclic) bond motifs is 1. The van der Waals surface area contributed by atoms with E-state index in [9.17, 15) is 4.79 Å². The fraction of sp³-hybridized carbons (Fsp3) is 0.632. The van der Waals surface area contributed by atoms with Crippen LogP contribution in [0.1, 0.15) is 51.9 Å². The summed E-state index contributed by atoms with van der Waals surface area (Å²) in [6.07, 6.45) is -0.0838. The Morgan fingerprint density at radius 3 is 2.19 bits per heavy atom. The monoisotopic (exact) mass is 376 g/mol. The van der Waals surface area contributed by atoms with Crippen LogP contribution >= 0.6 is 0 Å². The number of hydrogen-bond acceptors (Lipinski definition) is 7. The largest absolute Gasteiger partial charge is 0.498 e. The number of carbonyl (C=O) groups is 1. The summed E-state index contributed by atoms with van der Waals surface area (Å²) >= 11 is 0. The number of ether oxygens (including phenoxy) is 4. The van der Waals surface area contributed by atoms with Crippen molar-refractivity contribution in [3.63, 3.8) is 0 Å². The minimum atomic E-state index is -1.10. The lowest BCUT2D eigenvalue weighted by Gasteiger charge is -2.35. The molecule has 1 aromatic rings. The van der Waals surface area contributed by atoms with Gasteiger partial charge in [0.2, 0.25) is 5.79 Å². The van der Waals surface area contributed by atoms with Gasteiger partial charge in [0, 0.05) is 19.3 Å². The van der Waals surface area contributed by atoms with Crippen molar-refractivity contribution in [1.82, 2.24) is 0 Å². The molecule has 27 heavy (non-hydrogen) atoms. The van der Waals surface area contributed by atoms with Crippen molar-refractivity contribution in [3.8, 4) is 11.5 Å². The van der Waals surface area contributed by atoms with Crippen molar-refractivity contribution < 1.29 is 33.1 Å². The zero-order valence-electron chi connectivity index (χ0n) is 16.6. The average molecular weight is 376 g/mol. The average Bonchev–Trinajstić information content (AvgIpc) is 2.69. The summed E-state index contributed by atoms with van der Waals surface area (Å²) in [5.41, 5.74) is -0.111. The van der Waals surface area contributed by atoms with Gasteiger partial charge in [0.05, 0.1) is 24.4 Å². The molecule has 0 amide bonds. The first-order chi connectivity index (χ1) is 12.5. The molecule has 146 valence electrons. The van der Waals surface area contributed by atoms with Crippen LogP contribution in [0.3, 0.4) is 0 Å². The van der Waals surface area contributed by atoms with Gasteiger partial charge in [-0.1, -0.05) is 6.07 Å². The molecule has 2 saturated heterocycles. The molecule has 3 aliphatic heterocycles. The molecule has 0 spiro atoms. The highest BCUT2D eigenvalue weighted by molar-refractivity contribution is 6.63. The quantitative estimate of drug-likeness (QED) is 0.591. The first-order valence-corrected chi connectivity index (χ1v) is 9.18. The molecule has 4 rings (SSSR count). The highest BCUT2D eigenvalue weighted by Gasteiger charge is 2.54. The summed E-state index contributed by atoms with van der Waals surface area (Å²) in [4.78, 5) is 12.7. The molecular formula is C19H25BO7. The smallest absolute Gasteiger partial charge is 0.485 e. The molecule has 3 aliphatic rings. The van der Waals surface area contributed by atoms with Gasteiger partial charge >= 0.3 is 13.1 Å². The Labute approximate surface area is 159 Å². The van der Waals surface area contributed by atoms with Gasteiger partial charge in [0.25, 0.3) is 0 Å². The third-order valence-corrected chi connectivity index (χ3v) is 5.45. The van der Waals surface area contributed by atoms with Gasteiger partial charge in [-0.15, -0.1) is 0 Å². The van der Waals surface area contributed by atoms with Crippen LogP contribution in [0, 0.1) is 0 Å². The molecule has 0 radical (unpaired) electrons. The number of esters is 1. The normalized spacial score (nSPS) is 25.3. The minimum Gasteiger partial charge on any atom is -0.485 e. The first kappa shape index (κ1) is 18.6. The van der Waals surface area contributed by atoms with E-state index < -0.39 is 30.1 Å². The topological polar surface area (TPSA) is 72.5 Å². The molecule has 0 saturated carbocycles. The van der Waals surface area contributed by atoms with Crippen LogP contribution < -0.4 is 14.9 Å². The Morgan fingerprint density at radius 1 is 1.00 bits per heavy atom. The lowest BCUT2D eigenvalue weighted by Crippen LogP contribution is -2.45. The van der Waals surface area contributed by atoms with Crippen LogP contribution in [0.15, 0.2) is 12.1 Å². The highest BCUT2D eigenvalue weighted by Crippen LogP contribution is 2.41. The summed E-state index contributed by atoms with van der Waals surface area (Å²) < 4.78 is 34.8. The van der Waals surface area contributed by atoms with E-state index in [1.165, 1.54) is 0 Å². The van der Waals surface area contributed by atoms with Crippen molar-refractivity contribution in [2.45, 2.75) is 64.6 Å². The predicted octanol–water partition coefficient (Wildman–Crippen LogP) is 2.05. The summed E-state index contributed by atoms with van der Waals surface area (Å²) in [7, 11) is -0.661. The molecule has 0 aromatic heterocycles. The van der Waals surface area contributed by atoms with E-state index in [0.717, 1.165) is 0 Å². The fourth-order valence-corrected chi connectivity index (χ4v) is 3.14. The molecule has 0 bridgehead atoms. The van der Waals surface area contributed by atoms with E-state index >= 15 is 0 Å². The zero-order valence-corrected chi connectivity index (χ0v) is 16.6. The van der Waals surface area contributed by atoms with E-state index in [1.54, 1.807) is 19.9 Å². The van der Waals surface area contributed by atoms with E-state index in [-0.39, 0.29) is 11.7 Å². The fourth-order valence-electron chi connectivity index (χ4n) is 3.14. The maximum absolute atomic E-state index is 12.7. The minimum absolute atomic E-state index is 0.0838. The maximum atomic E-state index is 12.7. The van der Waals surface area contributed by atoms with Gasteiger partial charge < -0.3 is 28.3 Å². The third-order valence-electron chi connectivity index (χ3n) is 5.45. The van der Waals surface area contributed by atoms with Crippen LogP contribution in [0.2, 0.25) is 0 Å². The highest BCUT2D eigenvalue weighted by atomic mass is 16.7. The molecule has 1 aromatic carbocycles.